The average molecular weight is 345 g/mol. The van der Waals surface area contributed by atoms with Gasteiger partial charge in [0.2, 0.25) is 10.0 Å². The Morgan fingerprint density at radius 3 is 2.36 bits per heavy atom. The molecule has 0 atom stereocenters. The molecule has 0 amide bonds. The first kappa shape index (κ1) is 16.9. The number of benzene rings is 1. The summed E-state index contributed by atoms with van der Waals surface area (Å²) in [6.45, 7) is 0. The van der Waals surface area contributed by atoms with Crippen LogP contribution in [0.1, 0.15) is 30.7 Å². The van der Waals surface area contributed by atoms with Crippen LogP contribution in [0, 0.1) is 0 Å². The minimum absolute atomic E-state index is 0. The Morgan fingerprint density at radius 2 is 1.86 bits per heavy atom. The summed E-state index contributed by atoms with van der Waals surface area (Å²) in [5, 5.41) is 8.95. The lowest BCUT2D eigenvalue weighted by atomic mass is 9.77. The fourth-order valence-electron chi connectivity index (χ4n) is 2.30. The molecule has 0 saturated heterocycles. The van der Waals surface area contributed by atoms with Crippen LogP contribution in [0.4, 0.5) is 0 Å². The Kier molecular flexibility index (Phi) is 4.57. The molecule has 1 aliphatic rings. The highest BCUT2D eigenvalue weighted by atomic mass is 35.5. The van der Waals surface area contributed by atoms with E-state index < -0.39 is 15.6 Å². The molecule has 4 N–H and O–H groups in total. The largest absolute Gasteiger partial charge is 0.334 e. The van der Waals surface area contributed by atoms with Crippen LogP contribution in [0.5, 0.6) is 0 Å². The first-order valence-electron chi connectivity index (χ1n) is 6.59. The zero-order valence-corrected chi connectivity index (χ0v) is 13.4. The number of hydrogen-bond acceptors (Lipinski definition) is 6. The van der Waals surface area contributed by atoms with E-state index >= 15 is 0 Å². The van der Waals surface area contributed by atoms with Gasteiger partial charge in [0.15, 0.2) is 5.82 Å². The van der Waals surface area contributed by atoms with Gasteiger partial charge < -0.3 is 10.3 Å². The molecule has 0 radical (unpaired) electrons. The summed E-state index contributed by atoms with van der Waals surface area (Å²) in [5.74, 6) is 0.704. The average Bonchev–Trinajstić information content (AvgIpc) is 2.85. The number of hydrogen-bond donors (Lipinski definition) is 2. The number of nitrogens with two attached hydrogens (primary N) is 2. The van der Waals surface area contributed by atoms with Crippen molar-refractivity contribution in [2.24, 2.45) is 10.9 Å². The van der Waals surface area contributed by atoms with Crippen molar-refractivity contribution in [2.45, 2.75) is 30.6 Å². The van der Waals surface area contributed by atoms with Crippen molar-refractivity contribution < 1.29 is 12.9 Å². The van der Waals surface area contributed by atoms with Gasteiger partial charge in [0.05, 0.1) is 11.3 Å². The molecule has 1 aromatic carbocycles. The van der Waals surface area contributed by atoms with Gasteiger partial charge in [0.1, 0.15) is 0 Å². The summed E-state index contributed by atoms with van der Waals surface area (Å²) in [7, 11) is -3.53. The molecule has 1 aromatic heterocycles. The lowest BCUT2D eigenvalue weighted by Gasteiger charge is -2.34. The Balaban J connectivity index is 0.00000176. The maximum Gasteiger partial charge on any atom is 0.257 e. The molecule has 7 nitrogen and oxygen atoms in total. The monoisotopic (exact) mass is 344 g/mol. The van der Waals surface area contributed by atoms with Crippen LogP contribution in [0.3, 0.4) is 0 Å². The summed E-state index contributed by atoms with van der Waals surface area (Å²) in [4.78, 5) is 4.33. The van der Waals surface area contributed by atoms with Gasteiger partial charge in [-0.2, -0.15) is 4.98 Å². The Bertz CT molecular complexity index is 754. The molecular weight excluding hydrogens is 328 g/mol. The van der Waals surface area contributed by atoms with Gasteiger partial charge in [-0.25, -0.2) is 13.6 Å². The lowest BCUT2D eigenvalue weighted by Crippen LogP contribution is -2.44. The highest BCUT2D eigenvalue weighted by molar-refractivity contribution is 7.88. The highest BCUT2D eigenvalue weighted by Crippen LogP contribution is 2.37. The maximum absolute atomic E-state index is 11.0. The Labute approximate surface area is 134 Å². The van der Waals surface area contributed by atoms with E-state index in [1.165, 1.54) is 0 Å². The molecule has 1 heterocycles. The van der Waals surface area contributed by atoms with E-state index in [9.17, 15) is 8.42 Å². The van der Waals surface area contributed by atoms with Crippen molar-refractivity contribution in [1.29, 1.82) is 0 Å². The topological polar surface area (TPSA) is 125 Å². The molecule has 0 aliphatic heterocycles. The lowest BCUT2D eigenvalue weighted by molar-refractivity contribution is 0.229. The molecule has 1 saturated carbocycles. The molecule has 1 fully saturated rings. The number of primary sulfonamides is 1. The zero-order valence-electron chi connectivity index (χ0n) is 11.7. The van der Waals surface area contributed by atoms with Crippen LogP contribution in [-0.4, -0.2) is 18.6 Å². The van der Waals surface area contributed by atoms with Crippen LogP contribution in [0.25, 0.3) is 11.5 Å². The van der Waals surface area contributed by atoms with Crippen LogP contribution in [-0.2, 0) is 21.3 Å². The maximum atomic E-state index is 11.0. The SMILES string of the molecule is Cl.NC1(c2noc(-c3ccc(CS(N)(=O)=O)cc3)n2)CCC1. The Hall–Kier alpha value is -1.48. The molecule has 3 rings (SSSR count). The van der Waals surface area contributed by atoms with E-state index in [0.717, 1.165) is 24.8 Å². The van der Waals surface area contributed by atoms with Crippen molar-refractivity contribution in [3.8, 4) is 11.5 Å². The van der Waals surface area contributed by atoms with Gasteiger partial charge in [-0.1, -0.05) is 17.3 Å². The van der Waals surface area contributed by atoms with E-state index in [2.05, 4.69) is 10.1 Å². The normalized spacial score (nSPS) is 16.6. The molecule has 0 unspecified atom stereocenters. The van der Waals surface area contributed by atoms with Gasteiger partial charge in [-0.3, -0.25) is 0 Å². The smallest absolute Gasteiger partial charge is 0.257 e. The number of rotatable bonds is 4. The number of halogens is 1. The van der Waals surface area contributed by atoms with Crippen LogP contribution < -0.4 is 10.9 Å². The molecule has 9 heteroatoms. The predicted molar refractivity (Wildman–Crippen MR) is 83.5 cm³/mol. The van der Waals surface area contributed by atoms with Gasteiger partial charge in [-0.15, -0.1) is 12.4 Å². The fourth-order valence-corrected chi connectivity index (χ4v) is 2.96. The van der Waals surface area contributed by atoms with Crippen molar-refractivity contribution in [2.75, 3.05) is 0 Å². The van der Waals surface area contributed by atoms with Gasteiger partial charge >= 0.3 is 0 Å². The molecule has 120 valence electrons. The fraction of sp³-hybridized carbons (Fsp3) is 0.385. The quantitative estimate of drug-likeness (QED) is 0.860. The number of aromatic nitrogens is 2. The van der Waals surface area contributed by atoms with Crippen LogP contribution in [0.15, 0.2) is 28.8 Å². The summed E-state index contributed by atoms with van der Waals surface area (Å²) in [6.07, 6.45) is 2.79. The van der Waals surface area contributed by atoms with Crippen molar-refractivity contribution in [1.82, 2.24) is 10.1 Å². The third-order valence-electron chi connectivity index (χ3n) is 3.69. The van der Waals surface area contributed by atoms with E-state index in [4.69, 9.17) is 15.4 Å². The summed E-state index contributed by atoms with van der Waals surface area (Å²) < 4.78 is 27.3. The number of nitrogens with zero attached hydrogens (tertiary/aromatic N) is 2. The first-order chi connectivity index (χ1) is 9.86. The zero-order chi connectivity index (χ0) is 15.1. The van der Waals surface area contributed by atoms with Gasteiger partial charge in [0.25, 0.3) is 5.89 Å². The highest BCUT2D eigenvalue weighted by Gasteiger charge is 2.39. The first-order valence-corrected chi connectivity index (χ1v) is 8.30. The summed E-state index contributed by atoms with van der Waals surface area (Å²) in [5.41, 5.74) is 7.00. The molecule has 1 aliphatic carbocycles. The Morgan fingerprint density at radius 1 is 1.23 bits per heavy atom. The van der Waals surface area contributed by atoms with Crippen LogP contribution in [0.2, 0.25) is 0 Å². The third kappa shape index (κ3) is 3.46. The molecule has 2 aromatic rings. The van der Waals surface area contributed by atoms with Crippen molar-refractivity contribution in [3.63, 3.8) is 0 Å². The third-order valence-corrected chi connectivity index (χ3v) is 4.42. The van der Waals surface area contributed by atoms with E-state index in [1.807, 2.05) is 0 Å². The summed E-state index contributed by atoms with van der Waals surface area (Å²) >= 11 is 0. The van der Waals surface area contributed by atoms with Crippen LogP contribution >= 0.6 is 12.4 Å². The minimum Gasteiger partial charge on any atom is -0.334 e. The number of sulfonamides is 1. The van der Waals surface area contributed by atoms with Crippen molar-refractivity contribution >= 4 is 22.4 Å². The van der Waals surface area contributed by atoms with E-state index in [-0.39, 0.29) is 18.2 Å². The van der Waals surface area contributed by atoms with E-state index in [0.29, 0.717) is 17.3 Å². The second-order valence-electron chi connectivity index (χ2n) is 5.44. The standard InChI is InChI=1S/C13H16N4O3S.ClH/c14-13(6-1-7-13)12-16-11(20-17-12)10-4-2-9(3-5-10)8-21(15,18)19;/h2-5H,1,6-8,14H2,(H2,15,18,19);1H. The van der Waals surface area contributed by atoms with E-state index in [1.54, 1.807) is 24.3 Å². The van der Waals surface area contributed by atoms with Gasteiger partial charge in [-0.05, 0) is 37.0 Å². The second kappa shape index (κ2) is 5.96. The molecular formula is C13H17ClN4O3S. The second-order valence-corrected chi connectivity index (χ2v) is 7.05. The predicted octanol–water partition coefficient (Wildman–Crippen LogP) is 1.28. The summed E-state index contributed by atoms with van der Waals surface area (Å²) in [6, 6.07) is 6.79. The molecule has 0 bridgehead atoms. The van der Waals surface area contributed by atoms with Gasteiger partial charge in [0, 0.05) is 5.56 Å². The molecule has 22 heavy (non-hydrogen) atoms. The molecule has 0 spiro atoms. The minimum atomic E-state index is -3.53. The van der Waals surface area contributed by atoms with Crippen molar-refractivity contribution in [3.05, 3.63) is 35.7 Å².